The lowest BCUT2D eigenvalue weighted by Gasteiger charge is -2.24. The van der Waals surface area contributed by atoms with Crippen molar-refractivity contribution in [3.05, 3.63) is 69.5 Å². The van der Waals surface area contributed by atoms with E-state index in [2.05, 4.69) is 15.5 Å². The summed E-state index contributed by atoms with van der Waals surface area (Å²) in [4.78, 5) is 27.5. The van der Waals surface area contributed by atoms with Gasteiger partial charge in [-0.2, -0.15) is 0 Å². The monoisotopic (exact) mass is 517 g/mol. The van der Waals surface area contributed by atoms with Crippen molar-refractivity contribution in [2.45, 2.75) is 44.4 Å². The van der Waals surface area contributed by atoms with Crippen LogP contribution in [0.25, 0.3) is 0 Å². The third kappa shape index (κ3) is 5.40. The normalized spacial score (nSPS) is 15.5. The predicted molar refractivity (Wildman–Crippen MR) is 136 cm³/mol. The molecule has 0 saturated carbocycles. The minimum Gasteiger partial charge on any atom is -0.328 e. The van der Waals surface area contributed by atoms with Crippen molar-refractivity contribution in [1.82, 2.24) is 19.7 Å². The van der Waals surface area contributed by atoms with Crippen LogP contribution in [0.4, 0.5) is 5.69 Å². The van der Waals surface area contributed by atoms with Gasteiger partial charge in [0, 0.05) is 34.4 Å². The van der Waals surface area contributed by atoms with E-state index in [1.165, 1.54) is 11.8 Å². The van der Waals surface area contributed by atoms with Crippen molar-refractivity contribution in [2.75, 3.05) is 17.6 Å². The maximum absolute atomic E-state index is 13.1. The highest BCUT2D eigenvalue weighted by Gasteiger charge is 2.34. The lowest BCUT2D eigenvalue weighted by Crippen LogP contribution is -2.32. The van der Waals surface area contributed by atoms with Crippen LogP contribution < -0.4 is 5.32 Å². The van der Waals surface area contributed by atoms with Gasteiger partial charge in [0.25, 0.3) is 5.91 Å². The van der Waals surface area contributed by atoms with Crippen LogP contribution in [0.1, 0.15) is 47.6 Å². The van der Waals surface area contributed by atoms with E-state index >= 15 is 0 Å². The van der Waals surface area contributed by atoms with Gasteiger partial charge in [0.1, 0.15) is 0 Å². The zero-order valence-electron chi connectivity index (χ0n) is 18.9. The van der Waals surface area contributed by atoms with E-state index in [0.717, 1.165) is 29.9 Å². The molecule has 10 heteroatoms. The average molecular weight is 518 g/mol. The van der Waals surface area contributed by atoms with Crippen molar-refractivity contribution < 1.29 is 9.59 Å². The number of thioether (sulfide) groups is 1. The number of amides is 2. The van der Waals surface area contributed by atoms with E-state index in [1.807, 2.05) is 29.4 Å². The number of carbonyl (C=O) groups is 2. The topological polar surface area (TPSA) is 80.1 Å². The molecule has 2 aromatic carbocycles. The molecule has 1 saturated heterocycles. The number of hydrogen-bond donors (Lipinski definition) is 1. The fourth-order valence-electron chi connectivity index (χ4n) is 4.07. The maximum atomic E-state index is 13.1. The summed E-state index contributed by atoms with van der Waals surface area (Å²) in [5.74, 6) is 0.761. The van der Waals surface area contributed by atoms with Gasteiger partial charge in [0.2, 0.25) is 5.91 Å². The second-order valence-corrected chi connectivity index (χ2v) is 9.86. The summed E-state index contributed by atoms with van der Waals surface area (Å²) >= 11 is 13.3. The molecule has 1 fully saturated rings. The Balaban J connectivity index is 1.45. The Labute approximate surface area is 212 Å². The van der Waals surface area contributed by atoms with Crippen LogP contribution in [0.3, 0.4) is 0 Å². The first-order valence-corrected chi connectivity index (χ1v) is 12.8. The Hall–Kier alpha value is -2.55. The predicted octanol–water partition coefficient (Wildman–Crippen LogP) is 5.62. The Morgan fingerprint density at radius 3 is 2.56 bits per heavy atom. The standard InChI is InChI=1S/C24H25Cl2N5O2S/c1-3-30-22(20-5-4-12-31(20)23(33)16-6-8-17(25)9-7-16)28-29-24(30)34-14-21(32)27-19-11-10-18(26)13-15(19)2/h6-11,13,20H,3-5,12,14H2,1-2H3,(H,27,32). The third-order valence-electron chi connectivity index (χ3n) is 5.76. The van der Waals surface area contributed by atoms with Crippen LogP contribution in [-0.2, 0) is 11.3 Å². The minimum absolute atomic E-state index is 0.0447. The Kier molecular flexibility index (Phi) is 7.80. The van der Waals surface area contributed by atoms with Crippen LogP contribution in [0.5, 0.6) is 0 Å². The Morgan fingerprint density at radius 2 is 1.85 bits per heavy atom. The number of benzene rings is 2. The molecule has 34 heavy (non-hydrogen) atoms. The lowest BCUT2D eigenvalue weighted by molar-refractivity contribution is -0.113. The molecule has 178 valence electrons. The van der Waals surface area contributed by atoms with Crippen molar-refractivity contribution in [3.8, 4) is 0 Å². The maximum Gasteiger partial charge on any atom is 0.254 e. The van der Waals surface area contributed by atoms with E-state index in [0.29, 0.717) is 33.9 Å². The van der Waals surface area contributed by atoms with Gasteiger partial charge in [-0.15, -0.1) is 10.2 Å². The molecule has 1 atom stereocenters. The molecule has 1 N–H and O–H groups in total. The fraction of sp³-hybridized carbons (Fsp3) is 0.333. The first-order valence-electron chi connectivity index (χ1n) is 11.1. The van der Waals surface area contributed by atoms with Gasteiger partial charge >= 0.3 is 0 Å². The molecule has 3 aromatic rings. The van der Waals surface area contributed by atoms with Crippen LogP contribution in [0, 0.1) is 6.92 Å². The van der Waals surface area contributed by atoms with Gasteiger partial charge in [0.05, 0.1) is 11.8 Å². The molecule has 4 rings (SSSR count). The van der Waals surface area contributed by atoms with E-state index in [4.69, 9.17) is 23.2 Å². The van der Waals surface area contributed by atoms with Crippen LogP contribution in [0.15, 0.2) is 47.6 Å². The fourth-order valence-corrected chi connectivity index (χ4v) is 5.23. The summed E-state index contributed by atoms with van der Waals surface area (Å²) in [5, 5.41) is 13.6. The molecular weight excluding hydrogens is 493 g/mol. The molecule has 0 spiro atoms. The van der Waals surface area contributed by atoms with Gasteiger partial charge in [-0.25, -0.2) is 0 Å². The first kappa shape index (κ1) is 24.6. The van der Waals surface area contributed by atoms with E-state index in [-0.39, 0.29) is 23.6 Å². The van der Waals surface area contributed by atoms with Crippen LogP contribution >= 0.6 is 35.0 Å². The molecule has 2 heterocycles. The number of rotatable bonds is 7. The number of halogens is 2. The summed E-state index contributed by atoms with van der Waals surface area (Å²) in [6, 6.07) is 12.1. The summed E-state index contributed by atoms with van der Waals surface area (Å²) < 4.78 is 1.99. The number of anilines is 1. The number of nitrogens with one attached hydrogen (secondary N) is 1. The zero-order valence-corrected chi connectivity index (χ0v) is 21.3. The Bertz CT molecular complexity index is 1200. The average Bonchev–Trinajstić information content (AvgIpc) is 3.46. The second-order valence-electron chi connectivity index (χ2n) is 8.04. The number of hydrogen-bond acceptors (Lipinski definition) is 5. The second kappa shape index (κ2) is 10.8. The highest BCUT2D eigenvalue weighted by Crippen LogP contribution is 2.34. The molecule has 1 aromatic heterocycles. The summed E-state index contributed by atoms with van der Waals surface area (Å²) in [6.45, 7) is 5.21. The van der Waals surface area contributed by atoms with Crippen LogP contribution in [-0.4, -0.2) is 43.8 Å². The first-order chi connectivity index (χ1) is 16.4. The number of nitrogens with zero attached hydrogens (tertiary/aromatic N) is 4. The highest BCUT2D eigenvalue weighted by molar-refractivity contribution is 7.99. The number of aryl methyl sites for hydroxylation is 1. The largest absolute Gasteiger partial charge is 0.328 e. The minimum atomic E-state index is -0.157. The molecule has 0 radical (unpaired) electrons. The molecule has 7 nitrogen and oxygen atoms in total. The molecule has 1 aliphatic rings. The lowest BCUT2D eigenvalue weighted by atomic mass is 10.1. The molecular formula is C24H25Cl2N5O2S. The molecule has 1 aliphatic heterocycles. The summed E-state index contributed by atoms with van der Waals surface area (Å²) in [7, 11) is 0. The van der Waals surface area contributed by atoms with Crippen LogP contribution in [0.2, 0.25) is 10.0 Å². The molecule has 0 bridgehead atoms. The van der Waals surface area contributed by atoms with Gasteiger partial charge in [-0.1, -0.05) is 35.0 Å². The number of carbonyl (C=O) groups excluding carboxylic acids is 2. The van der Waals surface area contributed by atoms with Crippen molar-refractivity contribution in [1.29, 1.82) is 0 Å². The van der Waals surface area contributed by atoms with E-state index in [1.54, 1.807) is 36.4 Å². The van der Waals surface area contributed by atoms with Gasteiger partial charge in [-0.3, -0.25) is 9.59 Å². The van der Waals surface area contributed by atoms with Crippen molar-refractivity contribution in [2.24, 2.45) is 0 Å². The van der Waals surface area contributed by atoms with E-state index in [9.17, 15) is 9.59 Å². The SMILES string of the molecule is CCn1c(SCC(=O)Nc2ccc(Cl)cc2C)nnc1C1CCCN1C(=O)c1ccc(Cl)cc1. The molecule has 2 amide bonds. The number of likely N-dealkylation sites (tertiary alicyclic amines) is 1. The third-order valence-corrected chi connectivity index (χ3v) is 7.21. The van der Waals surface area contributed by atoms with Gasteiger partial charge in [-0.05, 0) is 74.7 Å². The Morgan fingerprint density at radius 1 is 1.12 bits per heavy atom. The quantitative estimate of drug-likeness (QED) is 0.411. The molecule has 1 unspecified atom stereocenters. The zero-order chi connectivity index (χ0) is 24.2. The smallest absolute Gasteiger partial charge is 0.254 e. The van der Waals surface area contributed by atoms with Gasteiger partial charge in [0.15, 0.2) is 11.0 Å². The van der Waals surface area contributed by atoms with Crippen molar-refractivity contribution >= 4 is 52.5 Å². The van der Waals surface area contributed by atoms with E-state index < -0.39 is 0 Å². The highest BCUT2D eigenvalue weighted by atomic mass is 35.5. The van der Waals surface area contributed by atoms with Gasteiger partial charge < -0.3 is 14.8 Å². The summed E-state index contributed by atoms with van der Waals surface area (Å²) in [5.41, 5.74) is 2.23. The number of aromatic nitrogens is 3. The molecule has 0 aliphatic carbocycles. The summed E-state index contributed by atoms with van der Waals surface area (Å²) in [6.07, 6.45) is 1.71. The van der Waals surface area contributed by atoms with Crippen molar-refractivity contribution in [3.63, 3.8) is 0 Å².